The Bertz CT molecular complexity index is 627. The Morgan fingerprint density at radius 3 is 2.45 bits per heavy atom. The summed E-state index contributed by atoms with van der Waals surface area (Å²) in [6, 6.07) is 14.9. The van der Waals surface area contributed by atoms with E-state index in [4.69, 9.17) is 16.3 Å². The van der Waals surface area contributed by atoms with Gasteiger partial charge >= 0.3 is 0 Å². The number of amides is 1. The summed E-state index contributed by atoms with van der Waals surface area (Å²) in [6.45, 7) is 0.283. The van der Waals surface area contributed by atoms with Crippen molar-refractivity contribution >= 4 is 28.9 Å². The van der Waals surface area contributed by atoms with Gasteiger partial charge in [-0.2, -0.15) is 0 Å². The molecule has 1 amide bonds. The third kappa shape index (κ3) is 4.67. The van der Waals surface area contributed by atoms with Gasteiger partial charge in [0.05, 0.1) is 18.1 Å². The van der Waals surface area contributed by atoms with Crippen molar-refractivity contribution in [3.05, 3.63) is 53.6 Å². The van der Waals surface area contributed by atoms with Crippen molar-refractivity contribution in [1.82, 2.24) is 0 Å². The van der Waals surface area contributed by atoms with Crippen LogP contribution in [0, 0.1) is 0 Å². The largest absolute Gasteiger partial charge is 0.491 e. The molecule has 0 radical (unpaired) electrons. The molecule has 2 aromatic rings. The summed E-state index contributed by atoms with van der Waals surface area (Å²) in [5.74, 6) is 0.497. The highest BCUT2D eigenvalue weighted by Crippen LogP contribution is 2.23. The summed E-state index contributed by atoms with van der Waals surface area (Å²) in [6.07, 6.45) is 0.265. The van der Waals surface area contributed by atoms with Gasteiger partial charge in [0.15, 0.2) is 0 Å². The lowest BCUT2D eigenvalue weighted by molar-refractivity contribution is -0.116. The predicted octanol–water partition coefficient (Wildman–Crippen LogP) is 3.81. The monoisotopic (exact) mass is 318 g/mol. The fourth-order valence-corrected chi connectivity index (χ4v) is 2.07. The summed E-state index contributed by atoms with van der Waals surface area (Å²) in [5.41, 5.74) is 1.85. The van der Waals surface area contributed by atoms with Gasteiger partial charge in [-0.3, -0.25) is 4.79 Å². The molecule has 0 aliphatic heterocycles. The molecule has 0 saturated heterocycles. The van der Waals surface area contributed by atoms with E-state index in [2.05, 4.69) is 5.32 Å². The number of benzene rings is 2. The Labute approximate surface area is 135 Å². The van der Waals surface area contributed by atoms with Crippen LogP contribution in [0.2, 0.25) is 5.02 Å². The number of ether oxygens (including phenoxy) is 1. The summed E-state index contributed by atoms with van der Waals surface area (Å²) in [5, 5.41) is 3.38. The van der Waals surface area contributed by atoms with Gasteiger partial charge in [0, 0.05) is 25.5 Å². The molecule has 1 N–H and O–H groups in total. The number of carbonyl (C=O) groups is 1. The van der Waals surface area contributed by atoms with Crippen molar-refractivity contribution in [3.63, 3.8) is 0 Å². The van der Waals surface area contributed by atoms with Crippen LogP contribution in [0.25, 0.3) is 0 Å². The highest BCUT2D eigenvalue weighted by Gasteiger charge is 2.05. The molecule has 0 fully saturated rings. The Morgan fingerprint density at radius 2 is 1.82 bits per heavy atom. The van der Waals surface area contributed by atoms with E-state index in [1.165, 1.54) is 0 Å². The summed E-state index contributed by atoms with van der Waals surface area (Å²) in [4.78, 5) is 13.9. The summed E-state index contributed by atoms with van der Waals surface area (Å²) < 4.78 is 5.50. The van der Waals surface area contributed by atoms with Crippen LogP contribution in [0.4, 0.5) is 11.4 Å². The number of hydrogen-bond donors (Lipinski definition) is 1. The van der Waals surface area contributed by atoms with Crippen LogP contribution in [0.1, 0.15) is 6.42 Å². The van der Waals surface area contributed by atoms with E-state index in [1.807, 2.05) is 55.4 Å². The van der Waals surface area contributed by atoms with E-state index < -0.39 is 0 Å². The number of carbonyl (C=O) groups excluding carboxylic acids is 1. The molecule has 0 aliphatic rings. The number of para-hydroxylation sites is 1. The zero-order valence-corrected chi connectivity index (χ0v) is 13.4. The fraction of sp³-hybridized carbons (Fsp3) is 0.235. The van der Waals surface area contributed by atoms with E-state index in [-0.39, 0.29) is 18.9 Å². The molecular formula is C17H19ClN2O2. The van der Waals surface area contributed by atoms with Crippen molar-refractivity contribution in [2.45, 2.75) is 6.42 Å². The normalized spacial score (nSPS) is 10.1. The molecule has 4 nitrogen and oxygen atoms in total. The molecule has 0 saturated carbocycles. The first-order valence-corrected chi connectivity index (χ1v) is 7.38. The zero-order chi connectivity index (χ0) is 15.9. The minimum atomic E-state index is -0.0929. The first kappa shape index (κ1) is 16.2. The van der Waals surface area contributed by atoms with Gasteiger partial charge in [0.25, 0.3) is 0 Å². The van der Waals surface area contributed by atoms with Gasteiger partial charge in [0.2, 0.25) is 5.91 Å². The van der Waals surface area contributed by atoms with Crippen molar-refractivity contribution in [2.24, 2.45) is 0 Å². The summed E-state index contributed by atoms with van der Waals surface area (Å²) >= 11 is 5.98. The summed E-state index contributed by atoms with van der Waals surface area (Å²) in [7, 11) is 3.94. The van der Waals surface area contributed by atoms with E-state index in [1.54, 1.807) is 12.1 Å². The Kier molecular flexibility index (Phi) is 5.67. The van der Waals surface area contributed by atoms with E-state index >= 15 is 0 Å². The van der Waals surface area contributed by atoms with Crippen LogP contribution in [-0.4, -0.2) is 26.6 Å². The lowest BCUT2D eigenvalue weighted by atomic mass is 10.2. The molecular weight excluding hydrogens is 300 g/mol. The first-order chi connectivity index (χ1) is 10.6. The smallest absolute Gasteiger partial charge is 0.227 e. The zero-order valence-electron chi connectivity index (χ0n) is 12.7. The number of rotatable bonds is 6. The van der Waals surface area contributed by atoms with Crippen molar-refractivity contribution in [1.29, 1.82) is 0 Å². The standard InChI is InChI=1S/C17H19ClN2O2/c1-20(2)14-9-7-13(8-10-14)19-17(21)11-12-22-16-6-4-3-5-15(16)18/h3-10H,11-12H2,1-2H3,(H,19,21). The molecule has 0 aromatic heterocycles. The van der Waals surface area contributed by atoms with E-state index in [0.29, 0.717) is 10.8 Å². The molecule has 0 aliphatic carbocycles. The van der Waals surface area contributed by atoms with Crippen LogP contribution >= 0.6 is 11.6 Å². The third-order valence-electron chi connectivity index (χ3n) is 3.09. The average molecular weight is 319 g/mol. The lowest BCUT2D eigenvalue weighted by Gasteiger charge is -2.13. The van der Waals surface area contributed by atoms with Gasteiger partial charge in [-0.25, -0.2) is 0 Å². The second-order valence-corrected chi connectivity index (χ2v) is 5.43. The van der Waals surface area contributed by atoms with Gasteiger partial charge in [-0.1, -0.05) is 23.7 Å². The second-order valence-electron chi connectivity index (χ2n) is 5.02. The van der Waals surface area contributed by atoms with E-state index in [0.717, 1.165) is 11.4 Å². The third-order valence-corrected chi connectivity index (χ3v) is 3.40. The number of anilines is 2. The molecule has 0 heterocycles. The lowest BCUT2D eigenvalue weighted by Crippen LogP contribution is -2.15. The van der Waals surface area contributed by atoms with Crippen molar-refractivity contribution in [2.75, 3.05) is 30.9 Å². The van der Waals surface area contributed by atoms with Gasteiger partial charge in [0.1, 0.15) is 5.75 Å². The Balaban J connectivity index is 1.79. The average Bonchev–Trinajstić information content (AvgIpc) is 2.50. The molecule has 0 spiro atoms. The Morgan fingerprint density at radius 1 is 1.14 bits per heavy atom. The number of nitrogens with one attached hydrogen (secondary N) is 1. The Hall–Kier alpha value is -2.20. The predicted molar refractivity (Wildman–Crippen MR) is 91.0 cm³/mol. The minimum Gasteiger partial charge on any atom is -0.491 e. The molecule has 0 atom stereocenters. The molecule has 2 rings (SSSR count). The maximum atomic E-state index is 11.9. The number of hydrogen-bond acceptors (Lipinski definition) is 3. The van der Waals surface area contributed by atoms with Crippen LogP contribution in [0.5, 0.6) is 5.75 Å². The van der Waals surface area contributed by atoms with Gasteiger partial charge in [-0.05, 0) is 36.4 Å². The molecule has 2 aromatic carbocycles. The van der Waals surface area contributed by atoms with Crippen LogP contribution in [0.3, 0.4) is 0 Å². The van der Waals surface area contributed by atoms with Crippen LogP contribution in [0.15, 0.2) is 48.5 Å². The quantitative estimate of drug-likeness (QED) is 0.880. The number of nitrogens with zero attached hydrogens (tertiary/aromatic N) is 1. The van der Waals surface area contributed by atoms with Crippen LogP contribution < -0.4 is 15.0 Å². The fourth-order valence-electron chi connectivity index (χ4n) is 1.88. The minimum absolute atomic E-state index is 0.0929. The SMILES string of the molecule is CN(C)c1ccc(NC(=O)CCOc2ccccc2Cl)cc1. The topological polar surface area (TPSA) is 41.6 Å². The first-order valence-electron chi connectivity index (χ1n) is 7.01. The maximum Gasteiger partial charge on any atom is 0.227 e. The maximum absolute atomic E-state index is 11.9. The highest BCUT2D eigenvalue weighted by atomic mass is 35.5. The van der Waals surface area contributed by atoms with E-state index in [9.17, 15) is 4.79 Å². The van der Waals surface area contributed by atoms with Crippen molar-refractivity contribution in [3.8, 4) is 5.75 Å². The molecule has 5 heteroatoms. The highest BCUT2D eigenvalue weighted by molar-refractivity contribution is 6.32. The molecule has 0 unspecified atom stereocenters. The molecule has 0 bridgehead atoms. The van der Waals surface area contributed by atoms with Gasteiger partial charge < -0.3 is 15.0 Å². The molecule has 116 valence electrons. The van der Waals surface area contributed by atoms with Crippen molar-refractivity contribution < 1.29 is 9.53 Å². The van der Waals surface area contributed by atoms with Gasteiger partial charge in [-0.15, -0.1) is 0 Å². The molecule has 22 heavy (non-hydrogen) atoms. The second kappa shape index (κ2) is 7.71. The number of halogens is 1. The van der Waals surface area contributed by atoms with Crippen LogP contribution in [-0.2, 0) is 4.79 Å².